The van der Waals surface area contributed by atoms with Crippen LogP contribution < -0.4 is 0 Å². The number of hydrogen-bond donors (Lipinski definition) is 3. The lowest BCUT2D eigenvalue weighted by Gasteiger charge is -2.31. The topological polar surface area (TPSA) is 104 Å². The number of halogens is 2. The molecule has 6 nitrogen and oxygen atoms in total. The van der Waals surface area contributed by atoms with Crippen LogP contribution in [-0.2, 0) is 14.3 Å². The average molecular weight is 275 g/mol. The third kappa shape index (κ3) is 4.98. The lowest BCUT2D eigenvalue weighted by molar-refractivity contribution is -0.167. The molecule has 0 saturated carbocycles. The van der Waals surface area contributed by atoms with Gasteiger partial charge in [0.05, 0.1) is 6.42 Å². The number of rotatable bonds is 6. The minimum atomic E-state index is -2.22. The number of aliphatic hydroxyl groups is 2. The molecule has 8 heteroatoms. The Morgan fingerprint density at radius 1 is 1.44 bits per heavy atom. The second-order valence-corrected chi connectivity index (χ2v) is 4.40. The van der Waals surface area contributed by atoms with E-state index < -0.39 is 41.5 Å². The highest BCUT2D eigenvalue weighted by atomic mass is 35.5. The molecule has 0 aliphatic carbocycles. The molecule has 0 rings (SSSR count). The van der Waals surface area contributed by atoms with Crippen LogP contribution >= 0.6 is 23.2 Å². The van der Waals surface area contributed by atoms with E-state index in [1.54, 1.807) is 0 Å². The van der Waals surface area contributed by atoms with Crippen LogP contribution in [0.3, 0.4) is 0 Å². The number of carbonyl (C=O) groups is 2. The standard InChI is InChI=1S/C8H12Cl2O6/c1-4(11)16-3-8(15,2-5(12)13)6(14)7(9)10/h6-7,14-15H,2-3H2,1H3,(H,12,13). The van der Waals surface area contributed by atoms with E-state index in [1.165, 1.54) is 0 Å². The molecule has 0 fully saturated rings. The molecule has 94 valence electrons. The van der Waals surface area contributed by atoms with E-state index in [0.717, 1.165) is 6.92 Å². The van der Waals surface area contributed by atoms with Gasteiger partial charge in [0.2, 0.25) is 0 Å². The number of carboxylic acid groups (broad SMARTS) is 1. The highest BCUT2D eigenvalue weighted by molar-refractivity contribution is 6.44. The van der Waals surface area contributed by atoms with Gasteiger partial charge in [-0.1, -0.05) is 0 Å². The lowest BCUT2D eigenvalue weighted by atomic mass is 9.94. The fourth-order valence-electron chi connectivity index (χ4n) is 0.964. The van der Waals surface area contributed by atoms with E-state index in [-0.39, 0.29) is 0 Å². The van der Waals surface area contributed by atoms with Gasteiger partial charge in [0.1, 0.15) is 23.1 Å². The van der Waals surface area contributed by atoms with Gasteiger partial charge < -0.3 is 20.1 Å². The highest BCUT2D eigenvalue weighted by Gasteiger charge is 2.42. The summed E-state index contributed by atoms with van der Waals surface area (Å²) in [7, 11) is 0. The number of aliphatic hydroxyl groups excluding tert-OH is 1. The third-order valence-electron chi connectivity index (χ3n) is 1.77. The molecule has 2 atom stereocenters. The van der Waals surface area contributed by atoms with Gasteiger partial charge in [0.25, 0.3) is 0 Å². The Kier molecular flexibility index (Phi) is 6.02. The number of hydrogen-bond acceptors (Lipinski definition) is 5. The summed E-state index contributed by atoms with van der Waals surface area (Å²) in [5.41, 5.74) is -2.22. The number of aliphatic carboxylic acids is 1. The molecule has 2 unspecified atom stereocenters. The quantitative estimate of drug-likeness (QED) is 0.462. The van der Waals surface area contributed by atoms with Crippen molar-refractivity contribution in [2.75, 3.05) is 6.61 Å². The number of alkyl halides is 2. The number of carboxylic acids is 1. The molecule has 3 N–H and O–H groups in total. The number of ether oxygens (including phenoxy) is 1. The van der Waals surface area contributed by atoms with E-state index in [9.17, 15) is 19.8 Å². The van der Waals surface area contributed by atoms with Crippen molar-refractivity contribution in [1.82, 2.24) is 0 Å². The van der Waals surface area contributed by atoms with Crippen molar-refractivity contribution in [2.45, 2.75) is 29.9 Å². The van der Waals surface area contributed by atoms with Crippen molar-refractivity contribution < 1.29 is 29.6 Å². The zero-order valence-electron chi connectivity index (χ0n) is 8.39. The van der Waals surface area contributed by atoms with Crippen LogP contribution in [0.1, 0.15) is 13.3 Å². The van der Waals surface area contributed by atoms with E-state index in [1.807, 2.05) is 0 Å². The van der Waals surface area contributed by atoms with Crippen molar-refractivity contribution in [3.63, 3.8) is 0 Å². The Hall–Kier alpha value is -0.560. The van der Waals surface area contributed by atoms with Crippen molar-refractivity contribution in [1.29, 1.82) is 0 Å². The van der Waals surface area contributed by atoms with E-state index in [0.29, 0.717) is 0 Å². The molecule has 0 aromatic rings. The van der Waals surface area contributed by atoms with Crippen molar-refractivity contribution in [2.24, 2.45) is 0 Å². The van der Waals surface area contributed by atoms with Crippen LogP contribution in [0, 0.1) is 0 Å². The van der Waals surface area contributed by atoms with Crippen molar-refractivity contribution in [3.05, 3.63) is 0 Å². The van der Waals surface area contributed by atoms with Crippen LogP contribution in [-0.4, -0.2) is 50.4 Å². The average Bonchev–Trinajstić information content (AvgIpc) is 2.12. The first-order valence-corrected chi connectivity index (χ1v) is 5.10. The Morgan fingerprint density at radius 2 is 1.94 bits per heavy atom. The summed E-state index contributed by atoms with van der Waals surface area (Å²) in [6.07, 6.45) is -2.59. The molecule has 0 radical (unpaired) electrons. The first-order valence-electron chi connectivity index (χ1n) is 4.23. The van der Waals surface area contributed by atoms with Gasteiger partial charge in [-0.3, -0.25) is 9.59 Å². The molecule has 0 spiro atoms. The molecule has 0 aromatic carbocycles. The molecule has 0 heterocycles. The lowest BCUT2D eigenvalue weighted by Crippen LogP contribution is -2.51. The Balaban J connectivity index is 4.72. The molecule has 0 aliphatic heterocycles. The van der Waals surface area contributed by atoms with E-state index >= 15 is 0 Å². The molecule has 0 saturated heterocycles. The second-order valence-electron chi connectivity index (χ2n) is 3.23. The molecule has 0 aromatic heterocycles. The summed E-state index contributed by atoms with van der Waals surface area (Å²) >= 11 is 10.7. The fourth-order valence-corrected chi connectivity index (χ4v) is 1.43. The third-order valence-corrected chi connectivity index (χ3v) is 2.25. The van der Waals surface area contributed by atoms with Gasteiger partial charge in [0, 0.05) is 6.92 Å². The van der Waals surface area contributed by atoms with Gasteiger partial charge in [-0.25, -0.2) is 0 Å². The van der Waals surface area contributed by atoms with Crippen LogP contribution in [0.2, 0.25) is 0 Å². The SMILES string of the molecule is CC(=O)OCC(O)(CC(=O)O)C(O)C(Cl)Cl. The zero-order chi connectivity index (χ0) is 12.9. The monoisotopic (exact) mass is 274 g/mol. The number of carbonyl (C=O) groups excluding carboxylic acids is 1. The van der Waals surface area contributed by atoms with Gasteiger partial charge in [-0.05, 0) is 0 Å². The Bertz CT molecular complexity index is 269. The molecular weight excluding hydrogens is 263 g/mol. The molecule has 0 amide bonds. The smallest absolute Gasteiger partial charge is 0.306 e. The van der Waals surface area contributed by atoms with Crippen LogP contribution in [0.4, 0.5) is 0 Å². The summed E-state index contributed by atoms with van der Waals surface area (Å²) in [5.74, 6) is -2.11. The molecule has 16 heavy (non-hydrogen) atoms. The summed E-state index contributed by atoms with van der Waals surface area (Å²) < 4.78 is 4.45. The summed E-state index contributed by atoms with van der Waals surface area (Å²) in [6.45, 7) is 0.373. The second kappa shape index (κ2) is 6.24. The largest absolute Gasteiger partial charge is 0.481 e. The maximum Gasteiger partial charge on any atom is 0.306 e. The van der Waals surface area contributed by atoms with Gasteiger partial charge in [-0.2, -0.15) is 0 Å². The minimum Gasteiger partial charge on any atom is -0.481 e. The highest BCUT2D eigenvalue weighted by Crippen LogP contribution is 2.24. The van der Waals surface area contributed by atoms with E-state index in [4.69, 9.17) is 28.3 Å². The fraction of sp³-hybridized carbons (Fsp3) is 0.750. The van der Waals surface area contributed by atoms with Gasteiger partial charge in [-0.15, -0.1) is 23.2 Å². The van der Waals surface area contributed by atoms with Crippen LogP contribution in [0.25, 0.3) is 0 Å². The Labute approximate surface area is 102 Å². The van der Waals surface area contributed by atoms with Crippen molar-refractivity contribution >= 4 is 35.1 Å². The predicted molar refractivity (Wildman–Crippen MR) is 55.3 cm³/mol. The molecule has 0 aliphatic rings. The maximum atomic E-state index is 10.5. The number of esters is 1. The molecule has 0 bridgehead atoms. The van der Waals surface area contributed by atoms with E-state index in [2.05, 4.69) is 4.74 Å². The van der Waals surface area contributed by atoms with Gasteiger partial charge in [0.15, 0.2) is 0 Å². The normalized spacial score (nSPS) is 16.6. The first kappa shape index (κ1) is 15.4. The summed E-state index contributed by atoms with van der Waals surface area (Å²) in [5, 5.41) is 27.8. The predicted octanol–water partition coefficient (Wildman–Crippen LogP) is -0.0801. The van der Waals surface area contributed by atoms with Gasteiger partial charge >= 0.3 is 11.9 Å². The van der Waals surface area contributed by atoms with Crippen LogP contribution in [0.15, 0.2) is 0 Å². The van der Waals surface area contributed by atoms with Crippen molar-refractivity contribution in [3.8, 4) is 0 Å². The van der Waals surface area contributed by atoms with Crippen LogP contribution in [0.5, 0.6) is 0 Å². The maximum absolute atomic E-state index is 10.5. The zero-order valence-corrected chi connectivity index (χ0v) is 9.90. The molecular formula is C8H12Cl2O6. The summed E-state index contributed by atoms with van der Waals surface area (Å²) in [6, 6.07) is 0. The minimum absolute atomic E-state index is 0.703. The Morgan fingerprint density at radius 3 is 2.25 bits per heavy atom. The summed E-state index contributed by atoms with van der Waals surface area (Å²) in [4.78, 5) is 19.6. The first-order chi connectivity index (χ1) is 7.19.